The Morgan fingerprint density at radius 1 is 0.844 bits per heavy atom. The minimum atomic E-state index is -1.08. The van der Waals surface area contributed by atoms with Gasteiger partial charge in [-0.2, -0.15) is 0 Å². The molecule has 0 saturated heterocycles. The van der Waals surface area contributed by atoms with E-state index < -0.39 is 30.1 Å². The van der Waals surface area contributed by atoms with Crippen LogP contribution in [0, 0.1) is 0 Å². The lowest BCUT2D eigenvalue weighted by Crippen LogP contribution is -2.52. The first-order valence-electron chi connectivity index (χ1n) is 11.0. The molecule has 0 aliphatic heterocycles. The van der Waals surface area contributed by atoms with Gasteiger partial charge in [0, 0.05) is 6.42 Å². The van der Waals surface area contributed by atoms with Crippen molar-refractivity contribution < 1.29 is 24.2 Å². The Labute approximate surface area is 189 Å². The molecule has 0 spiro atoms. The summed E-state index contributed by atoms with van der Waals surface area (Å²) in [4.78, 5) is 36.9. The molecule has 7 heteroatoms. The monoisotopic (exact) mass is 440 g/mol. The lowest BCUT2D eigenvalue weighted by molar-refractivity contribution is -0.142. The Morgan fingerprint density at radius 2 is 1.47 bits per heavy atom. The van der Waals surface area contributed by atoms with E-state index in [-0.39, 0.29) is 13.0 Å². The van der Waals surface area contributed by atoms with Gasteiger partial charge in [-0.1, -0.05) is 93.3 Å². The van der Waals surface area contributed by atoms with Crippen LogP contribution in [0.4, 0.5) is 4.79 Å². The molecule has 0 aliphatic carbocycles. The lowest BCUT2D eigenvalue weighted by atomic mass is 10.0. The third-order valence-electron chi connectivity index (χ3n) is 5.06. The second-order valence-electron chi connectivity index (χ2n) is 7.70. The molecule has 32 heavy (non-hydrogen) atoms. The normalized spacial score (nSPS) is 12.4. The molecule has 172 valence electrons. The average Bonchev–Trinajstić information content (AvgIpc) is 2.80. The summed E-state index contributed by atoms with van der Waals surface area (Å²) in [6.45, 7) is 2.15. The Balaban J connectivity index is 2.01. The van der Waals surface area contributed by atoms with Crippen LogP contribution in [-0.4, -0.2) is 35.2 Å². The van der Waals surface area contributed by atoms with E-state index in [2.05, 4.69) is 17.6 Å². The average molecular weight is 441 g/mol. The van der Waals surface area contributed by atoms with Crippen molar-refractivity contribution in [2.45, 2.75) is 64.1 Å². The summed E-state index contributed by atoms with van der Waals surface area (Å²) < 4.78 is 5.24. The molecule has 2 aromatic carbocycles. The lowest BCUT2D eigenvalue weighted by Gasteiger charge is -2.21. The Kier molecular flexibility index (Phi) is 10.8. The van der Waals surface area contributed by atoms with Crippen molar-refractivity contribution >= 4 is 18.0 Å². The molecule has 3 N–H and O–H groups in total. The van der Waals surface area contributed by atoms with Crippen LogP contribution >= 0.6 is 0 Å². The van der Waals surface area contributed by atoms with Crippen LogP contribution in [0.2, 0.25) is 0 Å². The van der Waals surface area contributed by atoms with Crippen molar-refractivity contribution in [2.75, 3.05) is 0 Å². The van der Waals surface area contributed by atoms with Crippen LogP contribution in [0.25, 0.3) is 0 Å². The second-order valence-corrected chi connectivity index (χ2v) is 7.70. The summed E-state index contributed by atoms with van der Waals surface area (Å²) in [6.07, 6.45) is 3.51. The molecule has 0 saturated carbocycles. The topological polar surface area (TPSA) is 105 Å². The maximum Gasteiger partial charge on any atom is 0.408 e. The number of carboxylic acids is 1. The third-order valence-corrected chi connectivity index (χ3v) is 5.06. The molecule has 0 aliphatic rings. The molecule has 0 fully saturated rings. The number of hydrogen-bond acceptors (Lipinski definition) is 4. The molecular formula is C25H32N2O5. The van der Waals surface area contributed by atoms with E-state index in [1.807, 2.05) is 60.7 Å². The number of nitrogens with one attached hydrogen (secondary N) is 2. The minimum absolute atomic E-state index is 0.0710. The van der Waals surface area contributed by atoms with Gasteiger partial charge in [0.25, 0.3) is 0 Å². The zero-order chi connectivity index (χ0) is 23.2. The largest absolute Gasteiger partial charge is 0.480 e. The molecular weight excluding hydrogens is 408 g/mol. The smallest absolute Gasteiger partial charge is 0.408 e. The second kappa shape index (κ2) is 13.9. The van der Waals surface area contributed by atoms with Crippen LogP contribution in [0.15, 0.2) is 60.7 Å². The van der Waals surface area contributed by atoms with E-state index in [9.17, 15) is 19.5 Å². The molecule has 2 aromatic rings. The fourth-order valence-electron chi connectivity index (χ4n) is 3.27. The molecule has 2 amide bonds. The molecule has 0 radical (unpaired) electrons. The Morgan fingerprint density at radius 3 is 2.06 bits per heavy atom. The SMILES string of the molecule is CCCCCC[C@@H](NC(=O)[C@H](Cc1ccccc1)NC(=O)OCc1ccccc1)C(=O)O. The zero-order valence-corrected chi connectivity index (χ0v) is 18.5. The maximum atomic E-state index is 12.9. The highest BCUT2D eigenvalue weighted by Gasteiger charge is 2.27. The fourth-order valence-corrected chi connectivity index (χ4v) is 3.27. The highest BCUT2D eigenvalue weighted by molar-refractivity contribution is 5.89. The number of rotatable bonds is 13. The standard InChI is InChI=1S/C25H32N2O5/c1-2-3-4-11-16-21(24(29)30)26-23(28)22(17-19-12-7-5-8-13-19)27-25(31)32-18-20-14-9-6-10-15-20/h5-10,12-15,21-22H,2-4,11,16-18H2,1H3,(H,26,28)(H,27,31)(H,29,30)/t21-,22+/m1/s1. The van der Waals surface area contributed by atoms with Crippen molar-refractivity contribution in [2.24, 2.45) is 0 Å². The number of ether oxygens (including phenoxy) is 1. The van der Waals surface area contributed by atoms with E-state index in [4.69, 9.17) is 4.74 Å². The number of benzene rings is 2. The molecule has 0 unspecified atom stereocenters. The summed E-state index contributed by atoms with van der Waals surface area (Å²) in [5.74, 6) is -1.63. The Hall–Kier alpha value is -3.35. The van der Waals surface area contributed by atoms with Crippen LogP contribution in [0.1, 0.15) is 50.2 Å². The predicted molar refractivity (Wildman–Crippen MR) is 122 cm³/mol. The summed E-state index contributed by atoms with van der Waals surface area (Å²) in [5, 5.41) is 14.7. The van der Waals surface area contributed by atoms with Crippen molar-refractivity contribution in [1.29, 1.82) is 0 Å². The molecule has 0 aromatic heterocycles. The number of carbonyl (C=O) groups is 3. The number of alkyl carbamates (subject to hydrolysis) is 1. The third kappa shape index (κ3) is 9.20. The van der Waals surface area contributed by atoms with Crippen LogP contribution in [0.5, 0.6) is 0 Å². The van der Waals surface area contributed by atoms with Crippen LogP contribution in [0.3, 0.4) is 0 Å². The first-order valence-corrected chi connectivity index (χ1v) is 11.0. The van der Waals surface area contributed by atoms with E-state index >= 15 is 0 Å². The number of hydrogen-bond donors (Lipinski definition) is 3. The first-order chi connectivity index (χ1) is 15.5. The zero-order valence-electron chi connectivity index (χ0n) is 18.5. The van der Waals surface area contributed by atoms with Gasteiger partial charge in [0.15, 0.2) is 0 Å². The van der Waals surface area contributed by atoms with Gasteiger partial charge in [0.2, 0.25) is 5.91 Å². The van der Waals surface area contributed by atoms with Crippen molar-refractivity contribution in [3.63, 3.8) is 0 Å². The van der Waals surface area contributed by atoms with Gasteiger partial charge in [0.05, 0.1) is 0 Å². The summed E-state index contributed by atoms with van der Waals surface area (Å²) in [7, 11) is 0. The number of carbonyl (C=O) groups excluding carboxylic acids is 2. The van der Waals surface area contributed by atoms with Gasteiger partial charge in [-0.25, -0.2) is 9.59 Å². The number of carboxylic acid groups (broad SMARTS) is 1. The first kappa shape index (κ1) is 24.9. The number of aliphatic carboxylic acids is 1. The summed E-state index contributed by atoms with van der Waals surface area (Å²) >= 11 is 0. The van der Waals surface area contributed by atoms with Crippen molar-refractivity contribution in [3.05, 3.63) is 71.8 Å². The molecule has 7 nitrogen and oxygen atoms in total. The van der Waals surface area contributed by atoms with Gasteiger partial charge in [-0.15, -0.1) is 0 Å². The highest BCUT2D eigenvalue weighted by atomic mass is 16.5. The van der Waals surface area contributed by atoms with Gasteiger partial charge in [-0.3, -0.25) is 4.79 Å². The highest BCUT2D eigenvalue weighted by Crippen LogP contribution is 2.09. The van der Waals surface area contributed by atoms with E-state index in [1.54, 1.807) is 0 Å². The molecule has 0 heterocycles. The predicted octanol–water partition coefficient (Wildman–Crippen LogP) is 4.06. The van der Waals surface area contributed by atoms with E-state index in [0.29, 0.717) is 12.8 Å². The summed E-state index contributed by atoms with van der Waals surface area (Å²) in [5.41, 5.74) is 1.66. The molecule has 0 bridgehead atoms. The molecule has 2 atom stereocenters. The van der Waals surface area contributed by atoms with Crippen molar-refractivity contribution in [1.82, 2.24) is 10.6 Å². The number of unbranched alkanes of at least 4 members (excludes halogenated alkanes) is 3. The minimum Gasteiger partial charge on any atom is -0.480 e. The fraction of sp³-hybridized carbons (Fsp3) is 0.400. The number of amides is 2. The van der Waals surface area contributed by atoms with Gasteiger partial charge >= 0.3 is 12.1 Å². The quantitative estimate of drug-likeness (QED) is 0.407. The van der Waals surface area contributed by atoms with Gasteiger partial charge in [-0.05, 0) is 17.5 Å². The Bertz CT molecular complexity index is 842. The van der Waals surface area contributed by atoms with Crippen LogP contribution in [-0.2, 0) is 27.4 Å². The van der Waals surface area contributed by atoms with Gasteiger partial charge < -0.3 is 20.5 Å². The maximum absolute atomic E-state index is 12.9. The van der Waals surface area contributed by atoms with Crippen molar-refractivity contribution in [3.8, 4) is 0 Å². The van der Waals surface area contributed by atoms with Crippen LogP contribution < -0.4 is 10.6 Å². The van der Waals surface area contributed by atoms with E-state index in [1.165, 1.54) is 0 Å². The summed E-state index contributed by atoms with van der Waals surface area (Å²) in [6, 6.07) is 16.5. The van der Waals surface area contributed by atoms with Gasteiger partial charge in [0.1, 0.15) is 18.7 Å². The molecule has 2 rings (SSSR count). The van der Waals surface area contributed by atoms with E-state index in [0.717, 1.165) is 30.4 Å².